The normalized spacial score (nSPS) is 17.9. The summed E-state index contributed by atoms with van der Waals surface area (Å²) in [6, 6.07) is 1.82. The maximum Gasteiger partial charge on any atom is 0.227 e. The maximum absolute atomic E-state index is 5.81. The lowest BCUT2D eigenvalue weighted by atomic mass is 9.67. The molecule has 0 amide bonds. The van der Waals surface area contributed by atoms with Crippen molar-refractivity contribution >= 4 is 0 Å². The Morgan fingerprint density at radius 2 is 2.29 bits per heavy atom. The zero-order chi connectivity index (χ0) is 11.7. The Labute approximate surface area is 99.0 Å². The second-order valence-corrected chi connectivity index (χ2v) is 4.76. The van der Waals surface area contributed by atoms with E-state index in [2.05, 4.69) is 10.1 Å². The van der Waals surface area contributed by atoms with E-state index in [4.69, 9.17) is 14.7 Å². The van der Waals surface area contributed by atoms with E-state index in [-0.39, 0.29) is 5.41 Å². The lowest BCUT2D eigenvalue weighted by molar-refractivity contribution is 0.129. The summed E-state index contributed by atoms with van der Waals surface area (Å²) < 4.78 is 10.3. The van der Waals surface area contributed by atoms with Gasteiger partial charge in [-0.05, 0) is 30.9 Å². The second-order valence-electron chi connectivity index (χ2n) is 4.76. The fourth-order valence-electron chi connectivity index (χ4n) is 2.29. The summed E-state index contributed by atoms with van der Waals surface area (Å²) in [5.74, 6) is 1.26. The summed E-state index contributed by atoms with van der Waals surface area (Å²) in [5, 5.41) is 3.95. The first kappa shape index (κ1) is 10.5. The minimum Gasteiger partial charge on any atom is -0.472 e. The topological polar surface area (TPSA) is 78.1 Å². The van der Waals surface area contributed by atoms with E-state index < -0.39 is 0 Å². The van der Waals surface area contributed by atoms with Crippen LogP contribution in [-0.4, -0.2) is 16.7 Å². The largest absolute Gasteiger partial charge is 0.472 e. The molecule has 0 unspecified atom stereocenters. The molecule has 2 aromatic rings. The highest BCUT2D eigenvalue weighted by molar-refractivity contribution is 5.51. The van der Waals surface area contributed by atoms with Crippen molar-refractivity contribution < 1.29 is 8.94 Å². The van der Waals surface area contributed by atoms with Gasteiger partial charge >= 0.3 is 0 Å². The standard InChI is InChI=1S/C12H15N3O2/c13-8-12(3-1-4-12)6-10-14-11(15-17-10)9-2-5-16-7-9/h2,5,7H,1,3-4,6,8,13H2. The first-order valence-corrected chi connectivity index (χ1v) is 5.87. The van der Waals surface area contributed by atoms with Crippen LogP contribution in [0.1, 0.15) is 25.2 Å². The molecule has 90 valence electrons. The van der Waals surface area contributed by atoms with Gasteiger partial charge in [0.2, 0.25) is 11.7 Å². The predicted octanol–water partition coefficient (Wildman–Crippen LogP) is 2.00. The molecule has 2 heterocycles. The first-order valence-electron chi connectivity index (χ1n) is 5.87. The van der Waals surface area contributed by atoms with Gasteiger partial charge in [0.1, 0.15) is 6.26 Å². The van der Waals surface area contributed by atoms with E-state index in [1.807, 2.05) is 6.07 Å². The summed E-state index contributed by atoms with van der Waals surface area (Å²) in [4.78, 5) is 4.37. The van der Waals surface area contributed by atoms with Crippen molar-refractivity contribution in [2.45, 2.75) is 25.7 Å². The number of nitrogens with zero attached hydrogens (tertiary/aromatic N) is 2. The number of furan rings is 1. The molecule has 0 bridgehead atoms. The van der Waals surface area contributed by atoms with Crippen LogP contribution < -0.4 is 5.73 Å². The van der Waals surface area contributed by atoms with Gasteiger partial charge in [0, 0.05) is 6.42 Å². The van der Waals surface area contributed by atoms with Gasteiger partial charge in [-0.15, -0.1) is 0 Å². The molecule has 3 rings (SSSR count). The monoisotopic (exact) mass is 233 g/mol. The summed E-state index contributed by atoms with van der Waals surface area (Å²) in [5.41, 5.74) is 6.85. The molecule has 0 aliphatic heterocycles. The van der Waals surface area contributed by atoms with Gasteiger partial charge in [0.25, 0.3) is 0 Å². The second kappa shape index (κ2) is 4.00. The van der Waals surface area contributed by atoms with Crippen LogP contribution in [-0.2, 0) is 6.42 Å². The highest BCUT2D eigenvalue weighted by atomic mass is 16.5. The predicted molar refractivity (Wildman–Crippen MR) is 61.0 cm³/mol. The van der Waals surface area contributed by atoms with Gasteiger partial charge in [0.05, 0.1) is 11.8 Å². The van der Waals surface area contributed by atoms with E-state index in [1.165, 1.54) is 6.42 Å². The number of hydrogen-bond acceptors (Lipinski definition) is 5. The third-order valence-corrected chi connectivity index (χ3v) is 3.62. The third kappa shape index (κ3) is 1.86. The Balaban J connectivity index is 1.77. The maximum atomic E-state index is 5.81. The lowest BCUT2D eigenvalue weighted by Gasteiger charge is -2.39. The van der Waals surface area contributed by atoms with Crippen molar-refractivity contribution in [3.8, 4) is 11.4 Å². The zero-order valence-corrected chi connectivity index (χ0v) is 9.56. The third-order valence-electron chi connectivity index (χ3n) is 3.62. The summed E-state index contributed by atoms with van der Waals surface area (Å²) >= 11 is 0. The van der Waals surface area contributed by atoms with Gasteiger partial charge in [-0.25, -0.2) is 0 Å². The van der Waals surface area contributed by atoms with Crippen LogP contribution in [0.3, 0.4) is 0 Å². The molecule has 5 nitrogen and oxygen atoms in total. The minimum atomic E-state index is 0.195. The van der Waals surface area contributed by atoms with Crippen LogP contribution in [0, 0.1) is 5.41 Å². The molecule has 1 aliphatic carbocycles. The average Bonchev–Trinajstić information content (AvgIpc) is 2.94. The van der Waals surface area contributed by atoms with Crippen molar-refractivity contribution in [2.24, 2.45) is 11.1 Å². The fourth-order valence-corrected chi connectivity index (χ4v) is 2.29. The summed E-state index contributed by atoms with van der Waals surface area (Å²) in [7, 11) is 0. The van der Waals surface area contributed by atoms with Gasteiger partial charge < -0.3 is 14.7 Å². The molecule has 1 aliphatic rings. The van der Waals surface area contributed by atoms with Crippen LogP contribution >= 0.6 is 0 Å². The minimum absolute atomic E-state index is 0.195. The number of hydrogen-bond donors (Lipinski definition) is 1. The molecular formula is C12H15N3O2. The van der Waals surface area contributed by atoms with Gasteiger partial charge in [0.15, 0.2) is 0 Å². The van der Waals surface area contributed by atoms with E-state index in [1.54, 1.807) is 12.5 Å². The van der Waals surface area contributed by atoms with Crippen LogP contribution in [0.5, 0.6) is 0 Å². The quantitative estimate of drug-likeness (QED) is 0.873. The smallest absolute Gasteiger partial charge is 0.227 e. The molecule has 0 radical (unpaired) electrons. The molecule has 0 aromatic carbocycles. The highest BCUT2D eigenvalue weighted by Gasteiger charge is 2.37. The average molecular weight is 233 g/mol. The molecule has 2 N–H and O–H groups in total. The number of aromatic nitrogens is 2. The van der Waals surface area contributed by atoms with Gasteiger partial charge in [-0.2, -0.15) is 4.98 Å². The van der Waals surface area contributed by atoms with Crippen molar-refractivity contribution in [3.63, 3.8) is 0 Å². The van der Waals surface area contributed by atoms with Crippen molar-refractivity contribution in [3.05, 3.63) is 24.5 Å². The number of rotatable bonds is 4. The van der Waals surface area contributed by atoms with Crippen LogP contribution in [0.4, 0.5) is 0 Å². The van der Waals surface area contributed by atoms with E-state index >= 15 is 0 Å². The molecule has 5 heteroatoms. The zero-order valence-electron chi connectivity index (χ0n) is 9.56. The van der Waals surface area contributed by atoms with E-state index in [9.17, 15) is 0 Å². The van der Waals surface area contributed by atoms with Crippen molar-refractivity contribution in [1.29, 1.82) is 0 Å². The van der Waals surface area contributed by atoms with E-state index in [0.29, 0.717) is 18.3 Å². The molecule has 0 atom stereocenters. The molecular weight excluding hydrogens is 218 g/mol. The Morgan fingerprint density at radius 1 is 1.41 bits per heavy atom. The summed E-state index contributed by atoms with van der Waals surface area (Å²) in [6.45, 7) is 0.691. The van der Waals surface area contributed by atoms with E-state index in [0.717, 1.165) is 24.8 Å². The SMILES string of the molecule is NCC1(Cc2nc(-c3ccoc3)no2)CCC1. The lowest BCUT2D eigenvalue weighted by Crippen LogP contribution is -2.39. The number of nitrogens with two attached hydrogens (primary N) is 1. The van der Waals surface area contributed by atoms with Crippen LogP contribution in [0.25, 0.3) is 11.4 Å². The Hall–Kier alpha value is -1.62. The molecule has 1 saturated carbocycles. The van der Waals surface area contributed by atoms with Gasteiger partial charge in [-0.3, -0.25) is 0 Å². The van der Waals surface area contributed by atoms with Crippen LogP contribution in [0.2, 0.25) is 0 Å². The molecule has 17 heavy (non-hydrogen) atoms. The van der Waals surface area contributed by atoms with Crippen molar-refractivity contribution in [1.82, 2.24) is 10.1 Å². The fraction of sp³-hybridized carbons (Fsp3) is 0.500. The Kier molecular flexibility index (Phi) is 2.48. The van der Waals surface area contributed by atoms with Crippen LogP contribution in [0.15, 0.2) is 27.5 Å². The Bertz CT molecular complexity index is 480. The summed E-state index contributed by atoms with van der Waals surface area (Å²) in [6.07, 6.45) is 7.56. The molecule has 1 fully saturated rings. The Morgan fingerprint density at radius 3 is 2.88 bits per heavy atom. The molecule has 2 aromatic heterocycles. The molecule has 0 saturated heterocycles. The van der Waals surface area contributed by atoms with Crippen molar-refractivity contribution in [2.75, 3.05) is 6.54 Å². The van der Waals surface area contributed by atoms with Gasteiger partial charge in [-0.1, -0.05) is 11.6 Å². The highest BCUT2D eigenvalue weighted by Crippen LogP contribution is 2.42. The first-order chi connectivity index (χ1) is 8.31. The molecule has 0 spiro atoms.